The number of hydrogen-bond acceptors (Lipinski definition) is 2. The third kappa shape index (κ3) is 5.87. The highest BCUT2D eigenvalue weighted by atomic mass is 35.5. The summed E-state index contributed by atoms with van der Waals surface area (Å²) in [5.74, 6) is -0.365. The fraction of sp³-hybridized carbons (Fsp3) is 0.0667. The van der Waals surface area contributed by atoms with Gasteiger partial charge < -0.3 is 0 Å². The van der Waals surface area contributed by atoms with Gasteiger partial charge in [0.25, 0.3) is 0 Å². The summed E-state index contributed by atoms with van der Waals surface area (Å²) < 4.78 is 19.0. The molecule has 0 N–H and O–H groups in total. The van der Waals surface area contributed by atoms with Crippen molar-refractivity contribution >= 4 is 31.0 Å². The van der Waals surface area contributed by atoms with Crippen LogP contribution < -0.4 is 0 Å². The molecule has 0 unspecified atom stereocenters. The number of hydrogen-bond donors (Lipinski definition) is 0. The molecule has 107 valence electrons. The minimum Gasteiger partial charge on any atom is -0.294 e. The fourth-order valence-electron chi connectivity index (χ4n) is 1.61. The van der Waals surface area contributed by atoms with Gasteiger partial charge in [-0.2, -0.15) is 0 Å². The van der Waals surface area contributed by atoms with E-state index in [2.05, 4.69) is 0 Å². The highest BCUT2D eigenvalue weighted by Gasteiger charge is 2.13. The van der Waals surface area contributed by atoms with E-state index in [1.807, 2.05) is 6.07 Å². The van der Waals surface area contributed by atoms with Crippen molar-refractivity contribution < 1.29 is 18.2 Å². The van der Waals surface area contributed by atoms with Gasteiger partial charge in [-0.25, -0.2) is 0 Å². The van der Waals surface area contributed by atoms with Crippen LogP contribution in [0.2, 0.25) is 5.02 Å². The van der Waals surface area contributed by atoms with E-state index < -0.39 is 7.83 Å². The summed E-state index contributed by atoms with van der Waals surface area (Å²) in [7, 11) is -1.00. The van der Waals surface area contributed by atoms with Gasteiger partial charge in [-0.15, -0.1) is 0 Å². The van der Waals surface area contributed by atoms with Crippen molar-refractivity contribution in [1.29, 1.82) is 0 Å². The topological polar surface area (TPSA) is 34.1 Å². The molecule has 2 aromatic carbocycles. The van der Waals surface area contributed by atoms with E-state index in [0.717, 1.165) is 0 Å². The van der Waals surface area contributed by atoms with E-state index in [4.69, 9.17) is 11.6 Å². The molecule has 0 atom stereocenters. The summed E-state index contributed by atoms with van der Waals surface area (Å²) in [5, 5.41) is 0.570. The van der Waals surface area contributed by atoms with Crippen molar-refractivity contribution in [2.24, 2.45) is 0 Å². The number of rotatable bonds is 4. The van der Waals surface area contributed by atoms with Crippen LogP contribution in [-0.4, -0.2) is 19.4 Å². The normalized spacial score (nSPS) is 9.29. The Kier molecular flexibility index (Phi) is 7.33. The molecule has 0 aliphatic rings. The van der Waals surface area contributed by atoms with Gasteiger partial charge in [0.05, 0.1) is 6.42 Å². The van der Waals surface area contributed by atoms with E-state index in [-0.39, 0.29) is 18.0 Å². The Bertz CT molecular complexity index is 588. The Morgan fingerprint density at radius 1 is 0.857 bits per heavy atom. The van der Waals surface area contributed by atoms with Gasteiger partial charge in [0, 0.05) is 16.1 Å². The van der Waals surface area contributed by atoms with E-state index >= 15 is 0 Å². The van der Waals surface area contributed by atoms with Crippen molar-refractivity contribution in [3.63, 3.8) is 0 Å². The number of Topliss-reactive ketones (excluding diaryl/α,β-unsaturated/α-hetero) is 2. The Morgan fingerprint density at radius 3 is 1.76 bits per heavy atom. The zero-order valence-corrected chi connectivity index (χ0v) is 11.7. The number of carbonyl (C=O) groups excluding carboxylic acids is 2. The molecule has 0 aromatic heterocycles. The smallest absolute Gasteiger partial charge is 0.294 e. The molecular weight excluding hydrogens is 296 g/mol. The molecule has 2 aromatic rings. The number of benzene rings is 2. The van der Waals surface area contributed by atoms with Gasteiger partial charge in [0.1, 0.15) is 0 Å². The van der Waals surface area contributed by atoms with Gasteiger partial charge in [0.2, 0.25) is 0 Å². The highest BCUT2D eigenvalue weighted by molar-refractivity contribution is 6.30. The molecule has 6 heteroatoms. The van der Waals surface area contributed by atoms with E-state index in [0.29, 0.717) is 16.1 Å². The molecule has 1 radical (unpaired) electrons. The van der Waals surface area contributed by atoms with E-state index in [9.17, 15) is 18.2 Å². The fourth-order valence-corrected chi connectivity index (χ4v) is 1.74. The first-order valence-corrected chi connectivity index (χ1v) is 6.35. The number of ketones is 2. The number of halogens is 3. The summed E-state index contributed by atoms with van der Waals surface area (Å²) in [6.45, 7) is 0. The lowest BCUT2D eigenvalue weighted by Gasteiger charge is -2.01. The maximum Gasteiger partial charge on any atom is 0.577 e. The molecule has 0 saturated carbocycles. The lowest BCUT2D eigenvalue weighted by atomic mass is 10.0. The Labute approximate surface area is 127 Å². The monoisotopic (exact) mass is 307 g/mol. The third-order valence-electron chi connectivity index (χ3n) is 2.58. The largest absolute Gasteiger partial charge is 0.577 e. The maximum atomic E-state index is 11.9. The SMILES string of the molecule is F[B]F.O=C(CC(=O)c1ccc(Cl)cc1)c1ccccc1. The Morgan fingerprint density at radius 2 is 1.29 bits per heavy atom. The quantitative estimate of drug-likeness (QED) is 0.480. The standard InChI is InChI=1S/C15H11ClO2.BF2/c16-13-8-6-12(7-9-13)15(18)10-14(17)11-4-2-1-3-5-11;2-1-3/h1-9H,10H2;. The van der Waals surface area contributed by atoms with Crippen LogP contribution in [0.15, 0.2) is 54.6 Å². The average molecular weight is 308 g/mol. The molecule has 0 aliphatic heterocycles. The summed E-state index contributed by atoms with van der Waals surface area (Å²) in [5.41, 5.74) is 1.06. The molecule has 0 saturated heterocycles. The van der Waals surface area contributed by atoms with Gasteiger partial charge in [-0.3, -0.25) is 18.2 Å². The third-order valence-corrected chi connectivity index (χ3v) is 2.84. The summed E-state index contributed by atoms with van der Waals surface area (Å²) in [4.78, 5) is 23.7. The maximum absolute atomic E-state index is 11.9. The lowest BCUT2D eigenvalue weighted by molar-refractivity contribution is 0.0894. The Balaban J connectivity index is 0.000000677. The van der Waals surface area contributed by atoms with Crippen LogP contribution in [0.1, 0.15) is 27.1 Å². The summed E-state index contributed by atoms with van der Waals surface area (Å²) >= 11 is 5.74. The average Bonchev–Trinajstić information content (AvgIpc) is 2.49. The van der Waals surface area contributed by atoms with Crippen LogP contribution >= 0.6 is 11.6 Å². The second-order valence-corrected chi connectivity index (χ2v) is 4.41. The minimum atomic E-state index is -1.00. The van der Waals surface area contributed by atoms with Gasteiger partial charge >= 0.3 is 7.83 Å². The van der Waals surface area contributed by atoms with Gasteiger partial charge in [-0.05, 0) is 24.3 Å². The minimum absolute atomic E-state index is 0.119. The van der Waals surface area contributed by atoms with Crippen molar-refractivity contribution in [3.8, 4) is 0 Å². The van der Waals surface area contributed by atoms with E-state index in [1.165, 1.54) is 0 Å². The van der Waals surface area contributed by atoms with Crippen LogP contribution in [-0.2, 0) is 0 Å². The van der Waals surface area contributed by atoms with Crippen LogP contribution in [0.25, 0.3) is 0 Å². The molecule has 2 nitrogen and oxygen atoms in total. The Hall–Kier alpha value is -2.01. The molecule has 0 spiro atoms. The molecule has 21 heavy (non-hydrogen) atoms. The first kappa shape index (κ1) is 17.0. The molecule has 2 rings (SSSR count). The van der Waals surface area contributed by atoms with Gasteiger partial charge in [0.15, 0.2) is 11.6 Å². The van der Waals surface area contributed by atoms with E-state index in [1.54, 1.807) is 48.5 Å². The van der Waals surface area contributed by atoms with Crippen LogP contribution in [0.5, 0.6) is 0 Å². The van der Waals surface area contributed by atoms with Crippen molar-refractivity contribution in [3.05, 3.63) is 70.7 Å². The zero-order valence-electron chi connectivity index (χ0n) is 10.9. The van der Waals surface area contributed by atoms with Gasteiger partial charge in [-0.1, -0.05) is 41.9 Å². The molecule has 0 bridgehead atoms. The van der Waals surface area contributed by atoms with Crippen LogP contribution in [0.4, 0.5) is 8.63 Å². The van der Waals surface area contributed by atoms with Crippen molar-refractivity contribution in [1.82, 2.24) is 0 Å². The van der Waals surface area contributed by atoms with Crippen molar-refractivity contribution in [2.45, 2.75) is 6.42 Å². The predicted octanol–water partition coefficient (Wildman–Crippen LogP) is 4.26. The molecule has 0 amide bonds. The second kappa shape index (κ2) is 9.03. The molecule has 0 heterocycles. The molecular formula is C15H11BClF2O2. The zero-order chi connectivity index (χ0) is 15.7. The van der Waals surface area contributed by atoms with Crippen LogP contribution in [0.3, 0.4) is 0 Å². The summed E-state index contributed by atoms with van der Waals surface area (Å²) in [6.07, 6.45) is -0.119. The summed E-state index contributed by atoms with van der Waals surface area (Å²) in [6, 6.07) is 15.3. The highest BCUT2D eigenvalue weighted by Crippen LogP contribution is 2.12. The van der Waals surface area contributed by atoms with Crippen LogP contribution in [0, 0.1) is 0 Å². The van der Waals surface area contributed by atoms with Crippen molar-refractivity contribution in [2.75, 3.05) is 0 Å². The lowest BCUT2D eigenvalue weighted by Crippen LogP contribution is -2.08. The molecule has 0 aliphatic carbocycles. The molecule has 0 fully saturated rings. The predicted molar refractivity (Wildman–Crippen MR) is 79.1 cm³/mol. The number of carbonyl (C=O) groups is 2. The second-order valence-electron chi connectivity index (χ2n) is 3.98. The first-order valence-electron chi connectivity index (χ1n) is 5.97. The first-order chi connectivity index (χ1) is 10.1.